The number of nitrogens with one attached hydrogen (secondary N) is 1. The lowest BCUT2D eigenvalue weighted by atomic mass is 10.3. The number of pyridine rings is 1. The van der Waals surface area contributed by atoms with Crippen molar-refractivity contribution in [1.29, 1.82) is 0 Å². The van der Waals surface area contributed by atoms with Crippen LogP contribution in [0.3, 0.4) is 0 Å². The molecule has 17 heavy (non-hydrogen) atoms. The minimum absolute atomic E-state index is 0.366. The van der Waals surface area contributed by atoms with Crippen molar-refractivity contribution < 1.29 is 0 Å². The van der Waals surface area contributed by atoms with Gasteiger partial charge in [0, 0.05) is 5.69 Å². The van der Waals surface area contributed by atoms with Gasteiger partial charge in [-0.15, -0.1) is 0 Å². The fraction of sp³-hybridized carbons (Fsp3) is 0. The first kappa shape index (κ1) is 12.4. The molecule has 0 radical (unpaired) electrons. The molecule has 3 N–H and O–H groups in total. The molecule has 0 saturated carbocycles. The van der Waals surface area contributed by atoms with E-state index < -0.39 is 0 Å². The number of nitrogens with two attached hydrogens (primary N) is 1. The molecule has 0 saturated heterocycles. The molecule has 0 amide bonds. The molecule has 1 aromatic heterocycles. The van der Waals surface area contributed by atoms with E-state index in [2.05, 4.69) is 9.71 Å². The molecule has 2 aromatic rings. The zero-order chi connectivity index (χ0) is 12.3. The van der Waals surface area contributed by atoms with Crippen LogP contribution in [0, 0.1) is 0 Å². The predicted octanol–water partition coefficient (Wildman–Crippen LogP) is 4.09. The van der Waals surface area contributed by atoms with Crippen molar-refractivity contribution in [3.63, 3.8) is 0 Å². The predicted molar refractivity (Wildman–Crippen MR) is 74.6 cm³/mol. The molecule has 0 unspecified atom stereocenters. The van der Waals surface area contributed by atoms with Crippen molar-refractivity contribution in [1.82, 2.24) is 4.98 Å². The third-order valence-corrected chi connectivity index (χ3v) is 3.44. The number of halogens is 2. The average Bonchev–Trinajstić information content (AvgIpc) is 2.30. The first-order valence-electron chi connectivity index (χ1n) is 4.75. The maximum Gasteiger partial charge on any atom is 0.130 e. The summed E-state index contributed by atoms with van der Waals surface area (Å²) in [5.41, 5.74) is 7.23. The summed E-state index contributed by atoms with van der Waals surface area (Å²) in [5, 5.41) is 0.886. The van der Waals surface area contributed by atoms with Crippen molar-refractivity contribution in [3.05, 3.63) is 46.7 Å². The quantitative estimate of drug-likeness (QED) is 0.507. The lowest BCUT2D eigenvalue weighted by Gasteiger charge is -2.08. The highest BCUT2D eigenvalue weighted by molar-refractivity contribution is 8.00. The number of nitrogens with zero attached hydrogens (tertiary/aromatic N) is 1. The van der Waals surface area contributed by atoms with Gasteiger partial charge in [-0.2, -0.15) is 0 Å². The molecular formula is C11H9Cl2N3S. The molecule has 1 aromatic carbocycles. The van der Waals surface area contributed by atoms with Gasteiger partial charge in [-0.3, -0.25) is 0 Å². The van der Waals surface area contributed by atoms with Crippen LogP contribution in [-0.4, -0.2) is 4.98 Å². The SMILES string of the molecule is Nc1ccccc1SNc1cnc(Cl)cc1Cl. The van der Waals surface area contributed by atoms with Crippen molar-refractivity contribution in [2.75, 3.05) is 10.5 Å². The molecule has 88 valence electrons. The van der Waals surface area contributed by atoms with Crippen LogP contribution in [0.15, 0.2) is 41.4 Å². The summed E-state index contributed by atoms with van der Waals surface area (Å²) < 4.78 is 3.08. The topological polar surface area (TPSA) is 50.9 Å². The zero-order valence-corrected chi connectivity index (χ0v) is 11.0. The van der Waals surface area contributed by atoms with E-state index in [4.69, 9.17) is 28.9 Å². The highest BCUT2D eigenvalue weighted by Crippen LogP contribution is 2.30. The Morgan fingerprint density at radius 1 is 1.24 bits per heavy atom. The molecule has 3 nitrogen and oxygen atoms in total. The van der Waals surface area contributed by atoms with Crippen LogP contribution in [0.4, 0.5) is 11.4 Å². The number of hydrogen-bond acceptors (Lipinski definition) is 4. The van der Waals surface area contributed by atoms with Gasteiger partial charge in [0.15, 0.2) is 0 Å². The van der Waals surface area contributed by atoms with Crippen LogP contribution in [-0.2, 0) is 0 Å². The minimum Gasteiger partial charge on any atom is -0.398 e. The van der Waals surface area contributed by atoms with E-state index in [-0.39, 0.29) is 0 Å². The molecule has 0 aliphatic heterocycles. The van der Waals surface area contributed by atoms with Crippen LogP contribution in [0.2, 0.25) is 10.2 Å². The van der Waals surface area contributed by atoms with Gasteiger partial charge >= 0.3 is 0 Å². The Labute approximate surface area is 113 Å². The second-order valence-corrected chi connectivity index (χ2v) is 4.87. The van der Waals surface area contributed by atoms with Gasteiger partial charge in [0.25, 0.3) is 0 Å². The second-order valence-electron chi connectivity index (χ2n) is 3.23. The van der Waals surface area contributed by atoms with E-state index in [1.165, 1.54) is 11.9 Å². The third-order valence-electron chi connectivity index (χ3n) is 2.01. The molecule has 1 heterocycles. The molecule has 6 heteroatoms. The summed E-state index contributed by atoms with van der Waals surface area (Å²) in [7, 11) is 0. The Morgan fingerprint density at radius 3 is 2.71 bits per heavy atom. The van der Waals surface area contributed by atoms with Crippen molar-refractivity contribution >= 4 is 46.5 Å². The molecule has 0 spiro atoms. The number of nitrogen functional groups attached to an aromatic ring is 1. The Morgan fingerprint density at radius 2 is 2.00 bits per heavy atom. The van der Waals surface area contributed by atoms with Gasteiger partial charge in [0.1, 0.15) is 5.15 Å². The summed E-state index contributed by atoms with van der Waals surface area (Å²) in [6.45, 7) is 0. The number of hydrogen-bond donors (Lipinski definition) is 2. The van der Waals surface area contributed by atoms with Crippen molar-refractivity contribution in [2.45, 2.75) is 4.90 Å². The van der Waals surface area contributed by atoms with E-state index in [1.807, 2.05) is 24.3 Å². The van der Waals surface area contributed by atoms with Gasteiger partial charge in [0.05, 0.1) is 21.8 Å². The Hall–Kier alpha value is -1.10. The minimum atomic E-state index is 0.366. The maximum absolute atomic E-state index is 6.00. The molecular weight excluding hydrogens is 277 g/mol. The summed E-state index contributed by atoms with van der Waals surface area (Å²) in [5.74, 6) is 0. The molecule has 0 bridgehead atoms. The first-order chi connectivity index (χ1) is 8.16. The van der Waals surface area contributed by atoms with Crippen molar-refractivity contribution in [3.8, 4) is 0 Å². The van der Waals surface area contributed by atoms with E-state index in [0.29, 0.717) is 21.6 Å². The normalized spacial score (nSPS) is 10.2. The van der Waals surface area contributed by atoms with Crippen LogP contribution < -0.4 is 10.5 Å². The van der Waals surface area contributed by atoms with E-state index in [1.54, 1.807) is 12.3 Å². The smallest absolute Gasteiger partial charge is 0.130 e. The number of benzene rings is 1. The Kier molecular flexibility index (Phi) is 3.99. The largest absolute Gasteiger partial charge is 0.398 e. The van der Waals surface area contributed by atoms with Crippen LogP contribution >= 0.6 is 35.1 Å². The number of rotatable bonds is 3. The van der Waals surface area contributed by atoms with Crippen molar-refractivity contribution in [2.24, 2.45) is 0 Å². The summed E-state index contributed by atoms with van der Waals surface area (Å²) in [6, 6.07) is 9.15. The number of para-hydroxylation sites is 1. The molecule has 0 fully saturated rings. The zero-order valence-electron chi connectivity index (χ0n) is 8.65. The molecule has 0 aliphatic carbocycles. The fourth-order valence-electron chi connectivity index (χ4n) is 1.17. The standard InChI is InChI=1S/C11H9Cl2N3S/c12-7-5-11(13)15-6-9(7)16-17-10-4-2-1-3-8(10)14/h1-6,16H,14H2. The Bertz CT molecular complexity index is 534. The van der Waals surface area contributed by atoms with Gasteiger partial charge in [-0.05, 0) is 30.1 Å². The van der Waals surface area contributed by atoms with Crippen LogP contribution in [0.1, 0.15) is 0 Å². The van der Waals surface area contributed by atoms with E-state index in [0.717, 1.165) is 4.90 Å². The van der Waals surface area contributed by atoms with Gasteiger partial charge < -0.3 is 10.5 Å². The van der Waals surface area contributed by atoms with E-state index in [9.17, 15) is 0 Å². The highest BCUT2D eigenvalue weighted by atomic mass is 35.5. The van der Waals surface area contributed by atoms with Gasteiger partial charge in [0.2, 0.25) is 0 Å². The fourth-order valence-corrected chi connectivity index (χ4v) is 2.35. The summed E-state index contributed by atoms with van der Waals surface area (Å²) in [4.78, 5) is 4.88. The number of anilines is 2. The lowest BCUT2D eigenvalue weighted by molar-refractivity contribution is 1.33. The monoisotopic (exact) mass is 285 g/mol. The first-order valence-corrected chi connectivity index (χ1v) is 6.32. The Balaban J connectivity index is 2.10. The van der Waals surface area contributed by atoms with Crippen LogP contribution in [0.5, 0.6) is 0 Å². The average molecular weight is 286 g/mol. The van der Waals surface area contributed by atoms with Gasteiger partial charge in [-0.25, -0.2) is 4.98 Å². The summed E-state index contributed by atoms with van der Waals surface area (Å²) >= 11 is 13.1. The molecule has 0 atom stereocenters. The molecule has 2 rings (SSSR count). The van der Waals surface area contributed by atoms with E-state index >= 15 is 0 Å². The van der Waals surface area contributed by atoms with Gasteiger partial charge in [-0.1, -0.05) is 35.3 Å². The summed E-state index contributed by atoms with van der Waals surface area (Å²) in [6.07, 6.45) is 1.58. The highest BCUT2D eigenvalue weighted by Gasteiger charge is 2.04. The third kappa shape index (κ3) is 3.19. The lowest BCUT2D eigenvalue weighted by Crippen LogP contribution is -1.93. The second kappa shape index (κ2) is 5.49. The van der Waals surface area contributed by atoms with Crippen LogP contribution in [0.25, 0.3) is 0 Å². The number of aromatic nitrogens is 1. The maximum atomic E-state index is 6.00. The molecule has 0 aliphatic rings.